The molecule has 3 rings (SSSR count). The second-order valence-electron chi connectivity index (χ2n) is 6.96. The molecule has 0 radical (unpaired) electrons. The minimum Gasteiger partial charge on any atom is -0.312 e. The molecule has 1 aliphatic carbocycles. The van der Waals surface area contributed by atoms with Crippen molar-refractivity contribution in [2.75, 3.05) is 0 Å². The Morgan fingerprint density at radius 3 is 2.12 bits per heavy atom. The topological polar surface area (TPSA) is 38.7 Å². The smallest absolute Gasteiger partial charge is 0.312 e. The van der Waals surface area contributed by atoms with Crippen molar-refractivity contribution in [1.82, 2.24) is 0 Å². The Bertz CT molecular complexity index is 754. The van der Waals surface area contributed by atoms with E-state index in [1.54, 1.807) is 0 Å². The number of carbonyl (C=O) groups is 1. The van der Waals surface area contributed by atoms with Gasteiger partial charge in [-0.15, -0.1) is 11.3 Å². The van der Waals surface area contributed by atoms with E-state index in [1.165, 1.54) is 56.3 Å². The molecule has 3 nitrogen and oxygen atoms in total. The Hall–Kier alpha value is -1.39. The van der Waals surface area contributed by atoms with E-state index < -0.39 is 5.97 Å². The predicted octanol–water partition coefficient (Wildman–Crippen LogP) is 7.37. The zero-order valence-corrected chi connectivity index (χ0v) is 16.7. The number of benzene rings is 1. The van der Waals surface area contributed by atoms with Crippen LogP contribution in [-0.2, 0) is 4.84 Å². The lowest BCUT2D eigenvalue weighted by atomic mass is 10.00. The van der Waals surface area contributed by atoms with Crippen molar-refractivity contribution in [3.63, 3.8) is 0 Å². The average molecular weight is 392 g/mol. The van der Waals surface area contributed by atoms with Crippen molar-refractivity contribution in [2.45, 2.75) is 70.6 Å². The van der Waals surface area contributed by atoms with Crippen LogP contribution >= 0.6 is 22.9 Å². The van der Waals surface area contributed by atoms with Crippen LogP contribution in [0.15, 0.2) is 29.4 Å². The van der Waals surface area contributed by atoms with Crippen molar-refractivity contribution < 1.29 is 9.63 Å². The molecule has 1 fully saturated rings. The summed E-state index contributed by atoms with van der Waals surface area (Å²) in [6.45, 7) is 0. The second kappa shape index (κ2) is 10.1. The van der Waals surface area contributed by atoms with Crippen LogP contribution in [0, 0.1) is 0 Å². The molecule has 5 heteroatoms. The lowest BCUT2D eigenvalue weighted by Crippen LogP contribution is -2.05. The fourth-order valence-electron chi connectivity index (χ4n) is 3.40. The van der Waals surface area contributed by atoms with Crippen LogP contribution in [0.1, 0.15) is 80.3 Å². The molecule has 0 amide bonds. The Kier molecular flexibility index (Phi) is 7.51. The lowest BCUT2D eigenvalue weighted by molar-refractivity contribution is 0.0520. The number of nitrogens with zero attached hydrogens (tertiary/aromatic N) is 1. The zero-order valence-electron chi connectivity index (χ0n) is 15.1. The number of halogens is 1. The van der Waals surface area contributed by atoms with Gasteiger partial charge in [-0.1, -0.05) is 79.9 Å². The Morgan fingerprint density at radius 1 is 0.923 bits per heavy atom. The van der Waals surface area contributed by atoms with E-state index in [9.17, 15) is 4.79 Å². The van der Waals surface area contributed by atoms with Crippen LogP contribution in [0.4, 0.5) is 0 Å². The van der Waals surface area contributed by atoms with Crippen LogP contribution in [0.2, 0.25) is 5.02 Å². The molecule has 1 heterocycles. The maximum Gasteiger partial charge on any atom is 0.377 e. The first-order valence-corrected chi connectivity index (χ1v) is 10.9. The van der Waals surface area contributed by atoms with Gasteiger partial charge >= 0.3 is 5.97 Å². The van der Waals surface area contributed by atoms with E-state index in [1.807, 2.05) is 24.3 Å². The minimum atomic E-state index is -0.449. The summed E-state index contributed by atoms with van der Waals surface area (Å²) in [5.74, 6) is -0.449. The highest BCUT2D eigenvalue weighted by atomic mass is 35.5. The van der Waals surface area contributed by atoms with E-state index >= 15 is 0 Å². The number of fused-ring (bicyclic) bond motifs is 1. The van der Waals surface area contributed by atoms with Gasteiger partial charge < -0.3 is 4.84 Å². The maximum atomic E-state index is 12.5. The van der Waals surface area contributed by atoms with Crippen molar-refractivity contribution >= 4 is 44.7 Å². The molecule has 0 unspecified atom stereocenters. The van der Waals surface area contributed by atoms with Crippen LogP contribution in [0.3, 0.4) is 0 Å². The van der Waals surface area contributed by atoms with Gasteiger partial charge in [0.25, 0.3) is 0 Å². The minimum absolute atomic E-state index is 0.436. The maximum absolute atomic E-state index is 12.5. The fraction of sp³-hybridized carbons (Fsp3) is 0.524. The molecular formula is C21H26ClNO2S. The summed E-state index contributed by atoms with van der Waals surface area (Å²) >= 11 is 7.72. The van der Waals surface area contributed by atoms with Crippen molar-refractivity contribution in [1.29, 1.82) is 0 Å². The van der Waals surface area contributed by atoms with E-state index in [0.29, 0.717) is 9.90 Å². The summed E-state index contributed by atoms with van der Waals surface area (Å²) in [4.78, 5) is 18.2. The van der Waals surface area contributed by atoms with Gasteiger partial charge in [-0.25, -0.2) is 4.79 Å². The standard InChI is InChI=1S/C21H26ClNO2S/c22-19-17-14-10-11-15-18(17)26-20(19)21(24)25-23-16-12-8-6-4-2-1-3-5-7-9-13-16/h10-11,14-15H,1-9,12-13H2. The molecule has 2 aromatic rings. The molecule has 1 aromatic heterocycles. The summed E-state index contributed by atoms with van der Waals surface area (Å²) in [5, 5.41) is 5.57. The number of rotatable bonds is 2. The van der Waals surface area contributed by atoms with Gasteiger partial charge in [0.2, 0.25) is 0 Å². The first kappa shape index (κ1) is 19.4. The molecule has 140 valence electrons. The SMILES string of the molecule is O=C(ON=C1CCCCCCCCCCC1)c1sc2ccccc2c1Cl. The number of hydrogen-bond donors (Lipinski definition) is 0. The van der Waals surface area contributed by atoms with E-state index in [2.05, 4.69) is 5.16 Å². The van der Waals surface area contributed by atoms with E-state index in [-0.39, 0.29) is 0 Å². The van der Waals surface area contributed by atoms with E-state index in [4.69, 9.17) is 16.4 Å². The van der Waals surface area contributed by atoms with Gasteiger partial charge in [-0.2, -0.15) is 0 Å². The van der Waals surface area contributed by atoms with Gasteiger partial charge in [0.1, 0.15) is 4.88 Å². The third-order valence-corrected chi connectivity index (χ3v) is 6.56. The molecule has 0 N–H and O–H groups in total. The summed E-state index contributed by atoms with van der Waals surface area (Å²) in [6.07, 6.45) is 13.2. The summed E-state index contributed by atoms with van der Waals surface area (Å²) in [6, 6.07) is 7.74. The quantitative estimate of drug-likeness (QED) is 0.395. The molecule has 1 aromatic carbocycles. The Labute approximate surface area is 164 Å². The summed E-state index contributed by atoms with van der Waals surface area (Å²) in [5.41, 5.74) is 1.01. The van der Waals surface area contributed by atoms with Gasteiger partial charge in [0.15, 0.2) is 0 Å². The molecule has 0 aliphatic heterocycles. The third kappa shape index (κ3) is 5.31. The Balaban J connectivity index is 1.64. The third-order valence-electron chi connectivity index (χ3n) is 4.91. The van der Waals surface area contributed by atoms with Gasteiger partial charge in [0.05, 0.1) is 10.7 Å². The number of carbonyl (C=O) groups excluding carboxylic acids is 1. The highest BCUT2D eigenvalue weighted by Crippen LogP contribution is 2.35. The van der Waals surface area contributed by atoms with E-state index in [0.717, 1.165) is 41.5 Å². The number of hydrogen-bond acceptors (Lipinski definition) is 4. The van der Waals surface area contributed by atoms with Crippen molar-refractivity contribution in [2.24, 2.45) is 5.16 Å². The molecule has 0 bridgehead atoms. The van der Waals surface area contributed by atoms with Crippen LogP contribution in [0.5, 0.6) is 0 Å². The lowest BCUT2D eigenvalue weighted by Gasteiger charge is -2.08. The molecule has 1 aliphatic rings. The monoisotopic (exact) mass is 391 g/mol. The highest BCUT2D eigenvalue weighted by Gasteiger charge is 2.18. The summed E-state index contributed by atoms with van der Waals surface area (Å²) < 4.78 is 0.989. The first-order valence-electron chi connectivity index (χ1n) is 9.70. The number of oxime groups is 1. The van der Waals surface area contributed by atoms with Crippen LogP contribution < -0.4 is 0 Å². The van der Waals surface area contributed by atoms with Gasteiger partial charge in [-0.3, -0.25) is 0 Å². The molecule has 0 atom stereocenters. The highest BCUT2D eigenvalue weighted by molar-refractivity contribution is 7.21. The Morgan fingerprint density at radius 2 is 1.50 bits per heavy atom. The molecule has 1 saturated carbocycles. The average Bonchev–Trinajstić information content (AvgIpc) is 2.98. The van der Waals surface area contributed by atoms with Crippen molar-refractivity contribution in [3.05, 3.63) is 34.2 Å². The molecule has 0 spiro atoms. The molecule has 26 heavy (non-hydrogen) atoms. The van der Waals surface area contributed by atoms with Crippen LogP contribution in [-0.4, -0.2) is 11.7 Å². The largest absolute Gasteiger partial charge is 0.377 e. The predicted molar refractivity (Wildman–Crippen MR) is 110 cm³/mol. The fourth-order valence-corrected chi connectivity index (χ4v) is 4.79. The zero-order chi connectivity index (χ0) is 18.2. The van der Waals surface area contributed by atoms with Crippen LogP contribution in [0.25, 0.3) is 10.1 Å². The second-order valence-corrected chi connectivity index (χ2v) is 8.39. The normalized spacial score (nSPS) is 17.3. The molecule has 0 saturated heterocycles. The van der Waals surface area contributed by atoms with Crippen molar-refractivity contribution in [3.8, 4) is 0 Å². The van der Waals surface area contributed by atoms with Gasteiger partial charge in [0, 0.05) is 10.1 Å². The molecular weight excluding hydrogens is 366 g/mol. The number of thiophene rings is 1. The van der Waals surface area contributed by atoms with Gasteiger partial charge in [-0.05, 0) is 31.7 Å². The summed E-state index contributed by atoms with van der Waals surface area (Å²) in [7, 11) is 0. The first-order chi connectivity index (χ1) is 12.8.